The van der Waals surface area contributed by atoms with E-state index < -0.39 is 0 Å². The van der Waals surface area contributed by atoms with E-state index in [1.807, 2.05) is 6.08 Å². The number of guanidine groups is 1. The van der Waals surface area contributed by atoms with Crippen LogP contribution < -0.4 is 10.6 Å². The molecule has 0 aromatic heterocycles. The molecule has 2 rings (SSSR count). The molecule has 1 fully saturated rings. The van der Waals surface area contributed by atoms with Crippen molar-refractivity contribution in [1.29, 1.82) is 0 Å². The van der Waals surface area contributed by atoms with Crippen LogP contribution in [0, 0.1) is 5.92 Å². The maximum Gasteiger partial charge on any atom is 0.191 e. The zero-order valence-corrected chi connectivity index (χ0v) is 15.7. The Morgan fingerprint density at radius 1 is 1.20 bits per heavy atom. The third-order valence-electron chi connectivity index (χ3n) is 4.91. The van der Waals surface area contributed by atoms with E-state index in [4.69, 9.17) is 0 Å². The molecular formula is C21H34N4. The van der Waals surface area contributed by atoms with Gasteiger partial charge in [0.1, 0.15) is 0 Å². The lowest BCUT2D eigenvalue weighted by Gasteiger charge is -2.32. The number of likely N-dealkylation sites (tertiary alicyclic amines) is 1. The summed E-state index contributed by atoms with van der Waals surface area (Å²) in [6.45, 7) is 9.16. The minimum absolute atomic E-state index is 0.748. The monoisotopic (exact) mass is 342 g/mol. The molecule has 138 valence electrons. The summed E-state index contributed by atoms with van der Waals surface area (Å²) in [6.07, 6.45) is 8.19. The van der Waals surface area contributed by atoms with Crippen LogP contribution in [-0.2, 0) is 6.42 Å². The van der Waals surface area contributed by atoms with Crippen LogP contribution in [0.2, 0.25) is 0 Å². The van der Waals surface area contributed by atoms with E-state index in [9.17, 15) is 0 Å². The first-order valence-corrected chi connectivity index (χ1v) is 9.63. The van der Waals surface area contributed by atoms with Crippen molar-refractivity contribution in [3.05, 3.63) is 48.6 Å². The van der Waals surface area contributed by atoms with Gasteiger partial charge in [0.15, 0.2) is 5.96 Å². The first kappa shape index (κ1) is 19.5. The van der Waals surface area contributed by atoms with Crippen molar-refractivity contribution in [2.45, 2.75) is 32.1 Å². The standard InChI is InChI=1S/C21H34N4/c1-3-13-23-21(22-2)24-14-7-8-15-25-16-11-20(12-17-25)18-19-9-5-4-6-10-19/h3-6,9-10,20H,1,7-8,11-18H2,2H3,(H2,22,23,24). The van der Waals surface area contributed by atoms with Crippen molar-refractivity contribution < 1.29 is 0 Å². The molecule has 4 heteroatoms. The van der Waals surface area contributed by atoms with E-state index in [0.29, 0.717) is 0 Å². The van der Waals surface area contributed by atoms with Gasteiger partial charge in [-0.2, -0.15) is 0 Å². The Morgan fingerprint density at radius 3 is 2.64 bits per heavy atom. The molecule has 0 spiro atoms. The van der Waals surface area contributed by atoms with Crippen molar-refractivity contribution in [2.75, 3.05) is 39.8 Å². The second-order valence-electron chi connectivity index (χ2n) is 6.85. The van der Waals surface area contributed by atoms with Crippen LogP contribution in [-0.4, -0.2) is 50.6 Å². The zero-order chi connectivity index (χ0) is 17.7. The molecule has 1 aromatic carbocycles. The smallest absolute Gasteiger partial charge is 0.191 e. The molecule has 1 saturated heterocycles. The van der Waals surface area contributed by atoms with Gasteiger partial charge in [-0.25, -0.2) is 0 Å². The molecule has 0 bridgehead atoms. The number of piperidine rings is 1. The molecule has 0 atom stereocenters. The molecule has 0 saturated carbocycles. The van der Waals surface area contributed by atoms with Gasteiger partial charge in [0.05, 0.1) is 0 Å². The average Bonchev–Trinajstić information content (AvgIpc) is 2.66. The predicted molar refractivity (Wildman–Crippen MR) is 108 cm³/mol. The van der Waals surface area contributed by atoms with Gasteiger partial charge in [-0.1, -0.05) is 36.4 Å². The van der Waals surface area contributed by atoms with Gasteiger partial charge in [-0.15, -0.1) is 6.58 Å². The van der Waals surface area contributed by atoms with Gasteiger partial charge in [0.25, 0.3) is 0 Å². The second kappa shape index (κ2) is 11.7. The summed E-state index contributed by atoms with van der Waals surface area (Å²) in [5, 5.41) is 6.54. The quantitative estimate of drug-likeness (QED) is 0.314. The molecule has 1 aliphatic rings. The Hall–Kier alpha value is -1.81. The zero-order valence-electron chi connectivity index (χ0n) is 15.7. The van der Waals surface area contributed by atoms with Crippen LogP contribution in [0.5, 0.6) is 0 Å². The van der Waals surface area contributed by atoms with Crippen molar-refractivity contribution in [1.82, 2.24) is 15.5 Å². The normalized spacial score (nSPS) is 16.6. The molecular weight excluding hydrogens is 308 g/mol. The predicted octanol–water partition coefficient (Wildman–Crippen LogP) is 3.07. The second-order valence-corrected chi connectivity index (χ2v) is 6.85. The summed E-state index contributed by atoms with van der Waals surface area (Å²) in [7, 11) is 1.80. The van der Waals surface area contributed by atoms with E-state index in [2.05, 4.69) is 57.4 Å². The highest BCUT2D eigenvalue weighted by Gasteiger charge is 2.18. The summed E-state index contributed by atoms with van der Waals surface area (Å²) in [5.41, 5.74) is 1.49. The molecule has 0 aliphatic carbocycles. The largest absolute Gasteiger partial charge is 0.356 e. The fraction of sp³-hybridized carbons (Fsp3) is 0.571. The van der Waals surface area contributed by atoms with E-state index in [0.717, 1.165) is 25.0 Å². The number of benzene rings is 1. The molecule has 1 heterocycles. The number of nitrogens with one attached hydrogen (secondary N) is 2. The number of nitrogens with zero attached hydrogens (tertiary/aromatic N) is 2. The summed E-state index contributed by atoms with van der Waals surface area (Å²) >= 11 is 0. The van der Waals surface area contributed by atoms with Crippen LogP contribution in [0.3, 0.4) is 0 Å². The number of aliphatic imine (C=N–C) groups is 1. The molecule has 0 unspecified atom stereocenters. The molecule has 0 radical (unpaired) electrons. The number of hydrogen-bond donors (Lipinski definition) is 2. The van der Waals surface area contributed by atoms with E-state index in [1.54, 1.807) is 7.05 Å². The minimum atomic E-state index is 0.748. The van der Waals surface area contributed by atoms with Crippen LogP contribution in [0.15, 0.2) is 48.0 Å². The van der Waals surface area contributed by atoms with E-state index in [-0.39, 0.29) is 0 Å². The van der Waals surface area contributed by atoms with Crippen LogP contribution in [0.1, 0.15) is 31.2 Å². The summed E-state index contributed by atoms with van der Waals surface area (Å²) in [6, 6.07) is 10.9. The number of hydrogen-bond acceptors (Lipinski definition) is 2. The molecule has 1 aliphatic heterocycles. The van der Waals surface area contributed by atoms with E-state index >= 15 is 0 Å². The lowest BCUT2D eigenvalue weighted by molar-refractivity contribution is 0.181. The van der Waals surface area contributed by atoms with Crippen molar-refractivity contribution in [3.8, 4) is 0 Å². The molecule has 1 aromatic rings. The lowest BCUT2D eigenvalue weighted by Crippen LogP contribution is -2.38. The van der Waals surface area contributed by atoms with Gasteiger partial charge in [-0.05, 0) is 63.2 Å². The maximum absolute atomic E-state index is 4.19. The highest BCUT2D eigenvalue weighted by Crippen LogP contribution is 2.21. The lowest BCUT2D eigenvalue weighted by atomic mass is 9.90. The number of unbranched alkanes of at least 4 members (excludes halogenated alkanes) is 1. The Kier molecular flexibility index (Phi) is 9.13. The number of rotatable bonds is 9. The summed E-state index contributed by atoms with van der Waals surface area (Å²) in [4.78, 5) is 6.82. The third kappa shape index (κ3) is 7.74. The topological polar surface area (TPSA) is 39.7 Å². The van der Waals surface area contributed by atoms with Gasteiger partial charge in [0.2, 0.25) is 0 Å². The van der Waals surface area contributed by atoms with Crippen LogP contribution >= 0.6 is 0 Å². The maximum atomic E-state index is 4.19. The van der Waals surface area contributed by atoms with Crippen molar-refractivity contribution >= 4 is 5.96 Å². The fourth-order valence-corrected chi connectivity index (χ4v) is 3.42. The van der Waals surface area contributed by atoms with Gasteiger partial charge in [-0.3, -0.25) is 4.99 Å². The average molecular weight is 343 g/mol. The highest BCUT2D eigenvalue weighted by atomic mass is 15.2. The van der Waals surface area contributed by atoms with Crippen LogP contribution in [0.4, 0.5) is 0 Å². The first-order chi connectivity index (χ1) is 12.3. The Balaban J connectivity index is 1.53. The molecule has 25 heavy (non-hydrogen) atoms. The first-order valence-electron chi connectivity index (χ1n) is 9.63. The highest BCUT2D eigenvalue weighted by molar-refractivity contribution is 5.79. The Bertz CT molecular complexity index is 504. The van der Waals surface area contributed by atoms with Gasteiger partial charge >= 0.3 is 0 Å². The molecule has 2 N–H and O–H groups in total. The molecule has 4 nitrogen and oxygen atoms in total. The van der Waals surface area contributed by atoms with E-state index in [1.165, 1.54) is 57.3 Å². The minimum Gasteiger partial charge on any atom is -0.356 e. The Labute approximate surface area is 153 Å². The van der Waals surface area contributed by atoms with Gasteiger partial charge in [0, 0.05) is 20.1 Å². The summed E-state index contributed by atoms with van der Waals surface area (Å²) in [5.74, 6) is 1.72. The van der Waals surface area contributed by atoms with Gasteiger partial charge < -0.3 is 15.5 Å². The molecule has 0 amide bonds. The van der Waals surface area contributed by atoms with Crippen molar-refractivity contribution in [2.24, 2.45) is 10.9 Å². The fourth-order valence-electron chi connectivity index (χ4n) is 3.42. The SMILES string of the molecule is C=CCNC(=NC)NCCCCN1CCC(Cc2ccccc2)CC1. The van der Waals surface area contributed by atoms with Crippen LogP contribution in [0.25, 0.3) is 0 Å². The third-order valence-corrected chi connectivity index (χ3v) is 4.91. The van der Waals surface area contributed by atoms with Crippen molar-refractivity contribution in [3.63, 3.8) is 0 Å². The summed E-state index contributed by atoms with van der Waals surface area (Å²) < 4.78 is 0. The Morgan fingerprint density at radius 2 is 1.96 bits per heavy atom.